The van der Waals surface area contributed by atoms with E-state index in [0.717, 1.165) is 13.2 Å². The fourth-order valence-corrected chi connectivity index (χ4v) is 1.17. The van der Waals surface area contributed by atoms with Gasteiger partial charge in [0.15, 0.2) is 0 Å². The van der Waals surface area contributed by atoms with Crippen molar-refractivity contribution in [3.63, 3.8) is 0 Å². The molecule has 0 atom stereocenters. The summed E-state index contributed by atoms with van der Waals surface area (Å²) in [5, 5.41) is 9.45. The summed E-state index contributed by atoms with van der Waals surface area (Å²) in [4.78, 5) is 14.4. The summed E-state index contributed by atoms with van der Waals surface area (Å²) in [7, 11) is 1.11. The molecule has 1 aromatic heterocycles. The van der Waals surface area contributed by atoms with Crippen LogP contribution in [0.15, 0.2) is 6.07 Å². The predicted molar refractivity (Wildman–Crippen MR) is 53.0 cm³/mol. The highest BCUT2D eigenvalue weighted by molar-refractivity contribution is 5.72. The molecule has 0 fully saturated rings. The van der Waals surface area contributed by atoms with E-state index in [1.54, 1.807) is 0 Å². The lowest BCUT2D eigenvalue weighted by molar-refractivity contribution is -0.276. The zero-order valence-electron chi connectivity index (χ0n) is 9.54. The van der Waals surface area contributed by atoms with Gasteiger partial charge in [0.05, 0.1) is 19.2 Å². The number of ether oxygens (including phenoxy) is 2. The van der Waals surface area contributed by atoms with E-state index in [1.807, 2.05) is 0 Å². The summed E-state index contributed by atoms with van der Waals surface area (Å²) in [5.41, 5.74) is -0.245. The second kappa shape index (κ2) is 5.11. The zero-order valence-corrected chi connectivity index (χ0v) is 9.54. The molecule has 0 saturated carbocycles. The average molecular weight is 265 g/mol. The fourth-order valence-electron chi connectivity index (χ4n) is 1.17. The molecule has 1 aromatic rings. The molecule has 0 aromatic carbocycles. The van der Waals surface area contributed by atoms with Crippen molar-refractivity contribution in [3.05, 3.63) is 17.3 Å². The highest BCUT2D eigenvalue weighted by Gasteiger charge is 2.33. The van der Waals surface area contributed by atoms with Crippen molar-refractivity contribution in [1.82, 2.24) is 4.98 Å². The monoisotopic (exact) mass is 265 g/mol. The van der Waals surface area contributed by atoms with Gasteiger partial charge in [-0.1, -0.05) is 0 Å². The van der Waals surface area contributed by atoms with Gasteiger partial charge in [-0.3, -0.25) is 4.79 Å². The first-order chi connectivity index (χ1) is 8.23. The van der Waals surface area contributed by atoms with E-state index in [9.17, 15) is 23.1 Å². The first kappa shape index (κ1) is 14.1. The Morgan fingerprint density at radius 2 is 2.11 bits per heavy atom. The third kappa shape index (κ3) is 3.79. The molecule has 1 rings (SSSR count). The number of rotatable bonds is 3. The van der Waals surface area contributed by atoms with Gasteiger partial charge in [0.1, 0.15) is 5.75 Å². The summed E-state index contributed by atoms with van der Waals surface area (Å²) < 4.78 is 44.2. The molecule has 0 aliphatic carbocycles. The maximum Gasteiger partial charge on any atom is 0.574 e. The highest BCUT2D eigenvalue weighted by Crippen LogP contribution is 2.28. The first-order valence-corrected chi connectivity index (χ1v) is 4.75. The fraction of sp³-hybridized carbons (Fsp3) is 0.400. The number of nitrogens with zero attached hydrogens (tertiary/aromatic N) is 1. The van der Waals surface area contributed by atoms with E-state index in [-0.39, 0.29) is 11.3 Å². The number of aryl methyl sites for hydroxylation is 1. The molecule has 8 heteroatoms. The third-order valence-corrected chi connectivity index (χ3v) is 1.97. The topological polar surface area (TPSA) is 68.7 Å². The molecule has 0 bridgehead atoms. The number of halogens is 3. The number of hydrogen-bond donors (Lipinski definition) is 1. The highest BCUT2D eigenvalue weighted by atomic mass is 19.4. The van der Waals surface area contributed by atoms with Crippen molar-refractivity contribution in [2.45, 2.75) is 19.7 Å². The summed E-state index contributed by atoms with van der Waals surface area (Å²) in [6.45, 7) is 1.29. The number of esters is 1. The first-order valence-electron chi connectivity index (χ1n) is 4.75. The number of alkyl halides is 3. The molecule has 0 spiro atoms. The molecule has 1 heterocycles. The van der Waals surface area contributed by atoms with E-state index < -0.39 is 30.4 Å². The second-order valence-corrected chi connectivity index (χ2v) is 3.38. The van der Waals surface area contributed by atoms with E-state index in [2.05, 4.69) is 14.5 Å². The molecule has 0 saturated heterocycles. The molecule has 0 amide bonds. The Labute approximate surface area is 100 Å². The van der Waals surface area contributed by atoms with Gasteiger partial charge in [0.25, 0.3) is 0 Å². The van der Waals surface area contributed by atoms with Crippen LogP contribution in [-0.2, 0) is 16.0 Å². The van der Waals surface area contributed by atoms with Crippen LogP contribution in [0.2, 0.25) is 0 Å². The van der Waals surface area contributed by atoms with Crippen molar-refractivity contribution in [3.8, 4) is 11.6 Å². The minimum absolute atomic E-state index is 0.00144. The zero-order chi connectivity index (χ0) is 13.9. The average Bonchev–Trinajstić information content (AvgIpc) is 2.23. The number of carbonyl (C=O) groups excluding carboxylic acids is 1. The van der Waals surface area contributed by atoms with Gasteiger partial charge in [-0.05, 0) is 13.0 Å². The number of carbonyl (C=O) groups is 1. The minimum atomic E-state index is -4.89. The Hall–Kier alpha value is -1.99. The molecular weight excluding hydrogens is 255 g/mol. The van der Waals surface area contributed by atoms with Crippen LogP contribution in [0.4, 0.5) is 13.2 Å². The molecule has 18 heavy (non-hydrogen) atoms. The number of hydrogen-bond acceptors (Lipinski definition) is 5. The Morgan fingerprint density at radius 1 is 1.50 bits per heavy atom. The lowest BCUT2D eigenvalue weighted by atomic mass is 10.2. The number of pyridine rings is 1. The molecular formula is C10H10F3NO4. The smallest absolute Gasteiger partial charge is 0.506 e. The quantitative estimate of drug-likeness (QED) is 0.842. The Balaban J connectivity index is 3.06. The maximum absolute atomic E-state index is 12.1. The minimum Gasteiger partial charge on any atom is -0.506 e. The van der Waals surface area contributed by atoms with Crippen LogP contribution in [0.25, 0.3) is 0 Å². The molecule has 5 nitrogen and oxygen atoms in total. The van der Waals surface area contributed by atoms with Crippen LogP contribution >= 0.6 is 0 Å². The maximum atomic E-state index is 12.1. The van der Waals surface area contributed by atoms with E-state index in [0.29, 0.717) is 0 Å². The van der Waals surface area contributed by atoms with Crippen LogP contribution in [0.3, 0.4) is 0 Å². The Bertz CT molecular complexity index is 459. The van der Waals surface area contributed by atoms with Gasteiger partial charge in [-0.25, -0.2) is 4.98 Å². The standard InChI is InChI=1S/C10H10F3NO4/c1-5-3-7(15)6(4-8(16)17-2)14-9(5)18-10(11,12)13/h3,15H,4H2,1-2H3. The molecule has 1 N–H and O–H groups in total. The summed E-state index contributed by atoms with van der Waals surface area (Å²) in [6, 6.07) is 1.03. The molecule has 0 aliphatic rings. The summed E-state index contributed by atoms with van der Waals surface area (Å²) >= 11 is 0. The molecule has 0 unspecified atom stereocenters. The largest absolute Gasteiger partial charge is 0.574 e. The van der Waals surface area contributed by atoms with Crippen LogP contribution in [0.5, 0.6) is 11.6 Å². The van der Waals surface area contributed by atoms with Crippen LogP contribution in [-0.4, -0.2) is 29.5 Å². The van der Waals surface area contributed by atoms with Gasteiger partial charge in [0.2, 0.25) is 5.88 Å². The lowest BCUT2D eigenvalue weighted by Crippen LogP contribution is -2.19. The van der Waals surface area contributed by atoms with Crippen molar-refractivity contribution in [1.29, 1.82) is 0 Å². The molecule has 0 aliphatic heterocycles. The van der Waals surface area contributed by atoms with Gasteiger partial charge in [-0.15, -0.1) is 13.2 Å². The van der Waals surface area contributed by atoms with Crippen molar-refractivity contribution < 1.29 is 32.5 Å². The van der Waals surface area contributed by atoms with Crippen LogP contribution in [0, 0.1) is 6.92 Å². The van der Waals surface area contributed by atoms with E-state index in [1.165, 1.54) is 6.92 Å². The SMILES string of the molecule is COC(=O)Cc1nc(OC(F)(F)F)c(C)cc1O. The number of aromatic nitrogens is 1. The Kier molecular flexibility index (Phi) is 4.00. The predicted octanol–water partition coefficient (Wildman–Crippen LogP) is 1.71. The van der Waals surface area contributed by atoms with Crippen molar-refractivity contribution in [2.75, 3.05) is 7.11 Å². The second-order valence-electron chi connectivity index (χ2n) is 3.38. The van der Waals surface area contributed by atoms with E-state index in [4.69, 9.17) is 0 Å². The molecule has 0 radical (unpaired) electrons. The number of aromatic hydroxyl groups is 1. The van der Waals surface area contributed by atoms with Gasteiger partial charge < -0.3 is 14.6 Å². The van der Waals surface area contributed by atoms with Crippen molar-refractivity contribution >= 4 is 5.97 Å². The summed E-state index contributed by atoms with van der Waals surface area (Å²) in [6.07, 6.45) is -5.34. The van der Waals surface area contributed by atoms with Gasteiger partial charge >= 0.3 is 12.3 Å². The third-order valence-electron chi connectivity index (χ3n) is 1.97. The molecule has 100 valence electrons. The van der Waals surface area contributed by atoms with Crippen LogP contribution in [0.1, 0.15) is 11.3 Å². The Morgan fingerprint density at radius 3 is 2.61 bits per heavy atom. The van der Waals surface area contributed by atoms with Gasteiger partial charge in [0, 0.05) is 5.56 Å². The van der Waals surface area contributed by atoms with Gasteiger partial charge in [-0.2, -0.15) is 0 Å². The summed E-state index contributed by atoms with van der Waals surface area (Å²) in [5.74, 6) is -1.84. The normalized spacial score (nSPS) is 11.2. The lowest BCUT2D eigenvalue weighted by Gasteiger charge is -2.12. The van der Waals surface area contributed by atoms with Crippen molar-refractivity contribution in [2.24, 2.45) is 0 Å². The van der Waals surface area contributed by atoms with Crippen LogP contribution < -0.4 is 4.74 Å². The number of methoxy groups -OCH3 is 1. The van der Waals surface area contributed by atoms with E-state index >= 15 is 0 Å².